The standard InChI is InChI=1S/C21H16N2O4S/c24-19-18(22-17-10-4-7-14-6-1-2-9-16(14)17)28-21(27)23(19)12-13-5-3-8-15(11-13)20(25)26/h1-11,18,22H,12H2,(H,25,26)/t18-/m0/s1. The van der Waals surface area contributed by atoms with Crippen molar-refractivity contribution in [3.8, 4) is 0 Å². The number of fused-ring (bicyclic) bond motifs is 1. The van der Waals surface area contributed by atoms with Gasteiger partial charge < -0.3 is 10.4 Å². The van der Waals surface area contributed by atoms with Crippen LogP contribution in [0.1, 0.15) is 15.9 Å². The lowest BCUT2D eigenvalue weighted by atomic mass is 10.1. The lowest BCUT2D eigenvalue weighted by molar-refractivity contribution is -0.126. The fourth-order valence-corrected chi connectivity index (χ4v) is 4.06. The van der Waals surface area contributed by atoms with E-state index in [2.05, 4.69) is 5.32 Å². The summed E-state index contributed by atoms with van der Waals surface area (Å²) in [6, 6.07) is 19.8. The first-order chi connectivity index (χ1) is 13.5. The minimum atomic E-state index is -1.05. The normalized spacial score (nSPS) is 16.6. The van der Waals surface area contributed by atoms with Crippen LogP contribution in [-0.4, -0.2) is 32.5 Å². The number of anilines is 1. The Morgan fingerprint density at radius 2 is 1.79 bits per heavy atom. The maximum Gasteiger partial charge on any atom is 0.335 e. The number of nitrogens with zero attached hydrogens (tertiary/aromatic N) is 1. The predicted octanol–water partition coefficient (Wildman–Crippen LogP) is 4.17. The molecule has 4 rings (SSSR count). The number of carboxylic acid groups (broad SMARTS) is 1. The molecule has 1 atom stereocenters. The van der Waals surface area contributed by atoms with Crippen molar-refractivity contribution in [3.05, 3.63) is 77.9 Å². The Morgan fingerprint density at radius 1 is 1.04 bits per heavy atom. The van der Waals surface area contributed by atoms with Crippen molar-refractivity contribution in [2.45, 2.75) is 11.9 Å². The number of benzene rings is 3. The van der Waals surface area contributed by atoms with Gasteiger partial charge in [0, 0.05) is 11.1 Å². The number of rotatable bonds is 5. The molecule has 28 heavy (non-hydrogen) atoms. The molecule has 6 nitrogen and oxygen atoms in total. The van der Waals surface area contributed by atoms with E-state index in [1.165, 1.54) is 12.1 Å². The van der Waals surface area contributed by atoms with E-state index in [0.717, 1.165) is 33.1 Å². The minimum absolute atomic E-state index is 0.0412. The topological polar surface area (TPSA) is 86.7 Å². The van der Waals surface area contributed by atoms with Gasteiger partial charge in [0.05, 0.1) is 12.1 Å². The fourth-order valence-electron chi connectivity index (χ4n) is 3.16. The number of thioether (sulfide) groups is 1. The molecule has 1 aliphatic rings. The molecule has 7 heteroatoms. The van der Waals surface area contributed by atoms with Gasteiger partial charge in [-0.25, -0.2) is 4.79 Å². The van der Waals surface area contributed by atoms with E-state index in [9.17, 15) is 14.4 Å². The van der Waals surface area contributed by atoms with E-state index in [-0.39, 0.29) is 23.3 Å². The third-order valence-corrected chi connectivity index (χ3v) is 5.50. The smallest absolute Gasteiger partial charge is 0.335 e. The van der Waals surface area contributed by atoms with Gasteiger partial charge in [0.15, 0.2) is 5.37 Å². The number of hydrogen-bond acceptors (Lipinski definition) is 5. The molecule has 2 N–H and O–H groups in total. The highest BCUT2D eigenvalue weighted by molar-refractivity contribution is 8.15. The Bertz CT molecular complexity index is 1090. The van der Waals surface area contributed by atoms with Crippen molar-refractivity contribution in [2.24, 2.45) is 0 Å². The highest BCUT2D eigenvalue weighted by Crippen LogP contribution is 2.32. The molecule has 140 valence electrons. The van der Waals surface area contributed by atoms with Crippen molar-refractivity contribution < 1.29 is 19.5 Å². The molecule has 1 aliphatic heterocycles. The number of carbonyl (C=O) groups is 3. The van der Waals surface area contributed by atoms with Crippen LogP contribution in [-0.2, 0) is 11.3 Å². The molecule has 0 aromatic heterocycles. The summed E-state index contributed by atoms with van der Waals surface area (Å²) < 4.78 is 0. The Hall–Kier alpha value is -3.32. The highest BCUT2D eigenvalue weighted by atomic mass is 32.2. The number of carbonyl (C=O) groups excluding carboxylic acids is 2. The van der Waals surface area contributed by atoms with E-state index >= 15 is 0 Å². The first-order valence-electron chi connectivity index (χ1n) is 8.61. The molecule has 3 aromatic carbocycles. The van der Waals surface area contributed by atoms with Gasteiger partial charge >= 0.3 is 5.97 Å². The van der Waals surface area contributed by atoms with Crippen LogP contribution in [0.15, 0.2) is 66.7 Å². The van der Waals surface area contributed by atoms with Crippen LogP contribution in [0.5, 0.6) is 0 Å². The molecule has 0 bridgehead atoms. The molecular formula is C21H16N2O4S. The zero-order valence-electron chi connectivity index (χ0n) is 14.7. The average molecular weight is 392 g/mol. The Labute approximate surface area is 165 Å². The largest absolute Gasteiger partial charge is 0.478 e. The number of aromatic carboxylic acids is 1. The summed E-state index contributed by atoms with van der Waals surface area (Å²) in [5.74, 6) is -1.39. The van der Waals surface area contributed by atoms with Crippen molar-refractivity contribution in [3.63, 3.8) is 0 Å². The van der Waals surface area contributed by atoms with Crippen LogP contribution in [0.3, 0.4) is 0 Å². The highest BCUT2D eigenvalue weighted by Gasteiger charge is 2.39. The zero-order chi connectivity index (χ0) is 19.7. The third-order valence-electron chi connectivity index (χ3n) is 4.52. The molecule has 0 spiro atoms. The Balaban J connectivity index is 1.54. The van der Waals surface area contributed by atoms with Crippen molar-refractivity contribution in [1.29, 1.82) is 0 Å². The monoisotopic (exact) mass is 392 g/mol. The average Bonchev–Trinajstić information content (AvgIpc) is 2.96. The number of amides is 2. The predicted molar refractivity (Wildman–Crippen MR) is 108 cm³/mol. The second-order valence-corrected chi connectivity index (χ2v) is 7.42. The van der Waals surface area contributed by atoms with Gasteiger partial charge in [0.1, 0.15) is 0 Å². The van der Waals surface area contributed by atoms with Gasteiger partial charge in [-0.15, -0.1) is 0 Å². The van der Waals surface area contributed by atoms with Gasteiger partial charge in [-0.2, -0.15) is 0 Å². The quantitative estimate of drug-likeness (QED) is 0.678. The fraction of sp³-hybridized carbons (Fsp3) is 0.0952. The summed E-state index contributed by atoms with van der Waals surface area (Å²) in [7, 11) is 0. The second-order valence-electron chi connectivity index (χ2n) is 6.36. The van der Waals surface area contributed by atoms with Gasteiger partial charge in [-0.1, -0.05) is 48.5 Å². The first-order valence-corrected chi connectivity index (χ1v) is 9.49. The molecule has 1 saturated heterocycles. The molecule has 1 fully saturated rings. The van der Waals surface area contributed by atoms with Crippen LogP contribution in [0, 0.1) is 0 Å². The third kappa shape index (κ3) is 3.44. The number of hydrogen-bond donors (Lipinski definition) is 2. The summed E-state index contributed by atoms with van der Waals surface area (Å²) in [5.41, 5.74) is 1.49. The summed E-state index contributed by atoms with van der Waals surface area (Å²) in [4.78, 5) is 37.4. The van der Waals surface area contributed by atoms with Crippen LogP contribution in [0.2, 0.25) is 0 Å². The summed E-state index contributed by atoms with van der Waals surface area (Å²) >= 11 is 0.925. The van der Waals surface area contributed by atoms with Gasteiger partial charge in [-0.05, 0) is 40.9 Å². The van der Waals surface area contributed by atoms with Crippen LogP contribution in [0.4, 0.5) is 10.5 Å². The van der Waals surface area contributed by atoms with E-state index in [4.69, 9.17) is 5.11 Å². The number of imide groups is 1. The molecule has 0 radical (unpaired) electrons. The van der Waals surface area contributed by atoms with Crippen molar-refractivity contribution >= 4 is 45.3 Å². The number of carboxylic acids is 1. The van der Waals surface area contributed by atoms with Gasteiger partial charge in [0.2, 0.25) is 0 Å². The van der Waals surface area contributed by atoms with Crippen LogP contribution < -0.4 is 5.32 Å². The number of nitrogens with one attached hydrogen (secondary N) is 1. The van der Waals surface area contributed by atoms with E-state index < -0.39 is 11.3 Å². The summed E-state index contributed by atoms with van der Waals surface area (Å²) in [5, 5.41) is 13.2. The summed E-state index contributed by atoms with van der Waals surface area (Å²) in [6.07, 6.45) is 0. The maximum atomic E-state index is 12.8. The second kappa shape index (κ2) is 7.36. The molecule has 2 amide bonds. The molecular weight excluding hydrogens is 376 g/mol. The van der Waals surface area contributed by atoms with Gasteiger partial charge in [-0.3, -0.25) is 14.5 Å². The lowest BCUT2D eigenvalue weighted by Crippen LogP contribution is -2.34. The SMILES string of the molecule is O=C(O)c1cccc(CN2C(=O)S[C@H](Nc3cccc4ccccc34)C2=O)c1. The molecule has 3 aromatic rings. The van der Waals surface area contributed by atoms with Crippen molar-refractivity contribution in [1.82, 2.24) is 4.90 Å². The summed E-state index contributed by atoms with van der Waals surface area (Å²) in [6.45, 7) is 0.0412. The van der Waals surface area contributed by atoms with Crippen LogP contribution >= 0.6 is 11.8 Å². The van der Waals surface area contributed by atoms with E-state index in [1.807, 2.05) is 42.5 Å². The van der Waals surface area contributed by atoms with Crippen LogP contribution in [0.25, 0.3) is 10.8 Å². The van der Waals surface area contributed by atoms with Gasteiger partial charge in [0.25, 0.3) is 11.1 Å². The zero-order valence-corrected chi connectivity index (χ0v) is 15.5. The minimum Gasteiger partial charge on any atom is -0.478 e. The molecule has 1 heterocycles. The lowest BCUT2D eigenvalue weighted by Gasteiger charge is -2.16. The first kappa shape index (κ1) is 18.1. The molecule has 0 saturated carbocycles. The Morgan fingerprint density at radius 3 is 2.61 bits per heavy atom. The van der Waals surface area contributed by atoms with E-state index in [1.54, 1.807) is 12.1 Å². The molecule has 0 unspecified atom stereocenters. The van der Waals surface area contributed by atoms with Crippen molar-refractivity contribution in [2.75, 3.05) is 5.32 Å². The van der Waals surface area contributed by atoms with E-state index in [0.29, 0.717) is 5.56 Å². The Kier molecular flexibility index (Phi) is 4.75. The maximum absolute atomic E-state index is 12.8. The molecule has 0 aliphatic carbocycles.